The van der Waals surface area contributed by atoms with E-state index in [-0.39, 0.29) is 0 Å². The average Bonchev–Trinajstić information content (AvgIpc) is 2.86. The third kappa shape index (κ3) is 2.86. The highest BCUT2D eigenvalue weighted by atomic mass is 16.5. The number of methoxy groups -OCH3 is 1. The van der Waals surface area contributed by atoms with E-state index >= 15 is 0 Å². The lowest BCUT2D eigenvalue weighted by molar-refractivity contribution is 0.385. The van der Waals surface area contributed by atoms with Gasteiger partial charge in [0.2, 0.25) is 0 Å². The quantitative estimate of drug-likeness (QED) is 0.859. The fourth-order valence-electron chi connectivity index (χ4n) is 2.96. The Morgan fingerprint density at radius 3 is 2.28 bits per heavy atom. The molecule has 2 rings (SSSR count). The fraction of sp³-hybridized carbons (Fsp3) is 0.625. The first-order valence-corrected chi connectivity index (χ1v) is 7.04. The summed E-state index contributed by atoms with van der Waals surface area (Å²) in [6, 6.07) is 9.22. The summed E-state index contributed by atoms with van der Waals surface area (Å²) in [7, 11) is 1.72. The molecule has 1 fully saturated rings. The minimum absolute atomic E-state index is 0.344. The van der Waals surface area contributed by atoms with Gasteiger partial charge in [-0.1, -0.05) is 38.8 Å². The van der Waals surface area contributed by atoms with Gasteiger partial charge in [-0.2, -0.15) is 0 Å². The van der Waals surface area contributed by atoms with E-state index in [1.165, 1.54) is 31.2 Å². The summed E-state index contributed by atoms with van der Waals surface area (Å²) in [6.45, 7) is 5.53. The Morgan fingerprint density at radius 1 is 1.17 bits per heavy atom. The van der Waals surface area contributed by atoms with E-state index in [4.69, 9.17) is 4.74 Å². The summed E-state index contributed by atoms with van der Waals surface area (Å²) in [6.07, 6.45) is 5.32. The molecule has 0 radical (unpaired) electrons. The number of nitrogens with one attached hydrogen (secondary N) is 1. The highest BCUT2D eigenvalue weighted by molar-refractivity contribution is 5.33. The van der Waals surface area contributed by atoms with Crippen LogP contribution in [0.4, 0.5) is 0 Å². The second-order valence-electron chi connectivity index (χ2n) is 5.75. The molecule has 1 aromatic rings. The number of ether oxygens (including phenoxy) is 1. The smallest absolute Gasteiger partial charge is 0.118 e. The Balaban J connectivity index is 2.17. The van der Waals surface area contributed by atoms with Crippen LogP contribution in [0.25, 0.3) is 0 Å². The van der Waals surface area contributed by atoms with Gasteiger partial charge in [-0.15, -0.1) is 0 Å². The van der Waals surface area contributed by atoms with Crippen molar-refractivity contribution in [3.05, 3.63) is 29.8 Å². The molecule has 100 valence electrons. The number of hydrogen-bond donors (Lipinski definition) is 1. The molecule has 0 spiro atoms. The first kappa shape index (κ1) is 13.4. The van der Waals surface area contributed by atoms with Gasteiger partial charge in [0.25, 0.3) is 0 Å². The third-order valence-electron chi connectivity index (χ3n) is 4.11. The molecule has 0 aliphatic heterocycles. The van der Waals surface area contributed by atoms with Crippen molar-refractivity contribution in [2.75, 3.05) is 13.7 Å². The Kier molecular flexibility index (Phi) is 4.28. The van der Waals surface area contributed by atoms with E-state index in [0.29, 0.717) is 11.5 Å². The maximum absolute atomic E-state index is 5.25. The zero-order chi connectivity index (χ0) is 13.0. The molecule has 1 saturated carbocycles. The molecule has 0 bridgehead atoms. The van der Waals surface area contributed by atoms with Gasteiger partial charge in [0, 0.05) is 18.0 Å². The second kappa shape index (κ2) is 5.75. The minimum atomic E-state index is 0.344. The van der Waals surface area contributed by atoms with Crippen molar-refractivity contribution in [1.29, 1.82) is 0 Å². The lowest BCUT2D eigenvalue weighted by Gasteiger charge is -2.31. The van der Waals surface area contributed by atoms with E-state index in [0.717, 1.165) is 12.3 Å². The molecule has 0 saturated heterocycles. The Hall–Kier alpha value is -1.02. The highest BCUT2D eigenvalue weighted by Gasteiger charge is 2.35. The largest absolute Gasteiger partial charge is 0.497 e. The monoisotopic (exact) mass is 247 g/mol. The van der Waals surface area contributed by atoms with Gasteiger partial charge in [-0.05, 0) is 30.5 Å². The van der Waals surface area contributed by atoms with E-state index in [1.54, 1.807) is 7.11 Å². The van der Waals surface area contributed by atoms with Gasteiger partial charge < -0.3 is 10.1 Å². The Morgan fingerprint density at radius 2 is 1.78 bits per heavy atom. The minimum Gasteiger partial charge on any atom is -0.497 e. The van der Waals surface area contributed by atoms with E-state index < -0.39 is 0 Å². The van der Waals surface area contributed by atoms with Crippen molar-refractivity contribution >= 4 is 0 Å². The molecular formula is C16H25NO. The van der Waals surface area contributed by atoms with Crippen LogP contribution in [0.5, 0.6) is 5.75 Å². The molecule has 0 heterocycles. The lowest BCUT2D eigenvalue weighted by Crippen LogP contribution is -2.39. The maximum atomic E-state index is 5.25. The van der Waals surface area contributed by atoms with Crippen molar-refractivity contribution in [2.24, 2.45) is 0 Å². The summed E-state index contributed by atoms with van der Waals surface area (Å²) < 4.78 is 5.25. The van der Waals surface area contributed by atoms with Crippen LogP contribution in [0.3, 0.4) is 0 Å². The van der Waals surface area contributed by atoms with Crippen LogP contribution in [-0.2, 0) is 5.41 Å². The lowest BCUT2D eigenvalue weighted by atomic mass is 9.78. The second-order valence-corrected chi connectivity index (χ2v) is 5.75. The molecular weight excluding hydrogens is 222 g/mol. The molecule has 0 atom stereocenters. The van der Waals surface area contributed by atoms with Crippen molar-refractivity contribution in [3.8, 4) is 5.75 Å². The maximum Gasteiger partial charge on any atom is 0.118 e. The van der Waals surface area contributed by atoms with Crippen LogP contribution < -0.4 is 10.1 Å². The van der Waals surface area contributed by atoms with Crippen LogP contribution in [0, 0.1) is 0 Å². The molecule has 0 amide bonds. The van der Waals surface area contributed by atoms with E-state index in [1.807, 2.05) is 0 Å². The first-order chi connectivity index (χ1) is 8.66. The molecule has 2 heteroatoms. The fourth-order valence-corrected chi connectivity index (χ4v) is 2.96. The Labute approximate surface area is 111 Å². The van der Waals surface area contributed by atoms with Crippen LogP contribution in [0.1, 0.15) is 45.1 Å². The first-order valence-electron chi connectivity index (χ1n) is 7.04. The van der Waals surface area contributed by atoms with Crippen LogP contribution in [-0.4, -0.2) is 19.7 Å². The molecule has 1 aromatic carbocycles. The van der Waals surface area contributed by atoms with Gasteiger partial charge in [-0.25, -0.2) is 0 Å². The molecule has 1 aliphatic rings. The molecule has 1 N–H and O–H groups in total. The summed E-state index contributed by atoms with van der Waals surface area (Å²) in [5.74, 6) is 0.948. The molecule has 18 heavy (non-hydrogen) atoms. The van der Waals surface area contributed by atoms with Crippen molar-refractivity contribution in [1.82, 2.24) is 5.32 Å². The van der Waals surface area contributed by atoms with Gasteiger partial charge in [0.1, 0.15) is 5.75 Å². The molecule has 0 unspecified atom stereocenters. The zero-order valence-corrected chi connectivity index (χ0v) is 11.8. The van der Waals surface area contributed by atoms with E-state index in [2.05, 4.69) is 43.4 Å². The van der Waals surface area contributed by atoms with Crippen LogP contribution >= 0.6 is 0 Å². The number of hydrogen-bond acceptors (Lipinski definition) is 2. The SMILES string of the molecule is COc1ccc(C2(CNC(C)C)CCCC2)cc1. The summed E-state index contributed by atoms with van der Waals surface area (Å²) >= 11 is 0. The normalized spacial score (nSPS) is 18.2. The van der Waals surface area contributed by atoms with Crippen molar-refractivity contribution in [2.45, 2.75) is 51.0 Å². The predicted molar refractivity (Wildman–Crippen MR) is 76.3 cm³/mol. The van der Waals surface area contributed by atoms with Gasteiger partial charge in [0.05, 0.1) is 7.11 Å². The number of benzene rings is 1. The summed E-state index contributed by atoms with van der Waals surface area (Å²) in [4.78, 5) is 0. The third-order valence-corrected chi connectivity index (χ3v) is 4.11. The summed E-state index contributed by atoms with van der Waals surface area (Å²) in [5, 5.41) is 3.62. The van der Waals surface area contributed by atoms with Gasteiger partial charge >= 0.3 is 0 Å². The molecule has 2 nitrogen and oxygen atoms in total. The topological polar surface area (TPSA) is 21.3 Å². The summed E-state index contributed by atoms with van der Waals surface area (Å²) in [5.41, 5.74) is 1.81. The average molecular weight is 247 g/mol. The highest BCUT2D eigenvalue weighted by Crippen LogP contribution is 2.41. The predicted octanol–water partition coefficient (Wildman–Crippen LogP) is 3.51. The Bertz CT molecular complexity index is 363. The zero-order valence-electron chi connectivity index (χ0n) is 11.8. The van der Waals surface area contributed by atoms with Crippen LogP contribution in [0.15, 0.2) is 24.3 Å². The van der Waals surface area contributed by atoms with Crippen molar-refractivity contribution < 1.29 is 4.74 Å². The van der Waals surface area contributed by atoms with Gasteiger partial charge in [0.15, 0.2) is 0 Å². The van der Waals surface area contributed by atoms with Crippen molar-refractivity contribution in [3.63, 3.8) is 0 Å². The number of rotatable bonds is 5. The standard InChI is InChI=1S/C16H25NO/c1-13(2)17-12-16(10-4-5-11-16)14-6-8-15(18-3)9-7-14/h6-9,13,17H,4-5,10-12H2,1-3H3. The van der Waals surface area contributed by atoms with E-state index in [9.17, 15) is 0 Å². The molecule has 1 aliphatic carbocycles. The van der Waals surface area contributed by atoms with Crippen LogP contribution in [0.2, 0.25) is 0 Å². The molecule has 0 aromatic heterocycles. The van der Waals surface area contributed by atoms with Gasteiger partial charge in [-0.3, -0.25) is 0 Å².